The zero-order chi connectivity index (χ0) is 13.9. The molecule has 3 rings (SSSR count). The predicted molar refractivity (Wildman–Crippen MR) is 81.9 cm³/mol. The molecule has 1 aliphatic carbocycles. The van der Waals surface area contributed by atoms with Gasteiger partial charge in [-0.15, -0.1) is 11.3 Å². The van der Waals surface area contributed by atoms with Gasteiger partial charge in [0.05, 0.1) is 6.61 Å². The molecule has 0 saturated carbocycles. The van der Waals surface area contributed by atoms with Crippen molar-refractivity contribution in [3.63, 3.8) is 0 Å². The van der Waals surface area contributed by atoms with Crippen LogP contribution in [-0.2, 0) is 22.4 Å². The molecular formula is C17H16O2S. The van der Waals surface area contributed by atoms with Crippen LogP contribution in [0.25, 0.3) is 5.57 Å². The Morgan fingerprint density at radius 3 is 2.95 bits per heavy atom. The number of carbonyl (C=O) groups is 1. The summed E-state index contributed by atoms with van der Waals surface area (Å²) in [5, 5.41) is 2.09. The minimum atomic E-state index is -0.267. The molecule has 0 bridgehead atoms. The minimum absolute atomic E-state index is 0.267. The third-order valence-electron chi connectivity index (χ3n) is 3.51. The first-order chi connectivity index (χ1) is 9.79. The number of benzene rings is 1. The van der Waals surface area contributed by atoms with Crippen molar-refractivity contribution in [2.24, 2.45) is 0 Å². The fraction of sp³-hybridized carbons (Fsp3) is 0.235. The molecule has 0 unspecified atom stereocenters. The Labute approximate surface area is 122 Å². The third-order valence-corrected chi connectivity index (χ3v) is 4.49. The monoisotopic (exact) mass is 284 g/mol. The average molecular weight is 284 g/mol. The SMILES string of the molecule is CCOC(=O)/C=C1\c2ccccc2CCc2sccc21. The highest BCUT2D eigenvalue weighted by Crippen LogP contribution is 2.35. The first-order valence-corrected chi connectivity index (χ1v) is 7.71. The Morgan fingerprint density at radius 1 is 1.25 bits per heavy atom. The summed E-state index contributed by atoms with van der Waals surface area (Å²) in [5.41, 5.74) is 4.62. The highest BCUT2D eigenvalue weighted by molar-refractivity contribution is 7.10. The Hall–Kier alpha value is -1.87. The molecule has 3 heteroatoms. The number of thiophene rings is 1. The van der Waals surface area contributed by atoms with E-state index in [9.17, 15) is 4.79 Å². The van der Waals surface area contributed by atoms with E-state index in [-0.39, 0.29) is 5.97 Å². The van der Waals surface area contributed by atoms with Gasteiger partial charge < -0.3 is 4.74 Å². The van der Waals surface area contributed by atoms with Gasteiger partial charge in [-0.2, -0.15) is 0 Å². The number of aryl methyl sites for hydroxylation is 2. The van der Waals surface area contributed by atoms with Gasteiger partial charge in [0.1, 0.15) is 0 Å². The maximum Gasteiger partial charge on any atom is 0.331 e. The fourth-order valence-corrected chi connectivity index (χ4v) is 3.52. The van der Waals surface area contributed by atoms with E-state index in [0.29, 0.717) is 6.61 Å². The van der Waals surface area contributed by atoms with Gasteiger partial charge >= 0.3 is 5.97 Å². The first-order valence-electron chi connectivity index (χ1n) is 6.83. The van der Waals surface area contributed by atoms with Crippen molar-refractivity contribution in [1.82, 2.24) is 0 Å². The number of esters is 1. The van der Waals surface area contributed by atoms with Crippen LogP contribution in [-0.4, -0.2) is 12.6 Å². The third kappa shape index (κ3) is 2.41. The smallest absolute Gasteiger partial charge is 0.331 e. The number of hydrogen-bond acceptors (Lipinski definition) is 3. The first kappa shape index (κ1) is 13.1. The second kappa shape index (κ2) is 5.63. The molecular weight excluding hydrogens is 268 g/mol. The molecule has 0 N–H and O–H groups in total. The predicted octanol–water partition coefficient (Wildman–Crippen LogP) is 3.84. The summed E-state index contributed by atoms with van der Waals surface area (Å²) in [6.45, 7) is 2.23. The van der Waals surface area contributed by atoms with Crippen molar-refractivity contribution in [3.8, 4) is 0 Å². The summed E-state index contributed by atoms with van der Waals surface area (Å²) in [5.74, 6) is -0.267. The Kier molecular flexibility index (Phi) is 3.70. The van der Waals surface area contributed by atoms with Crippen LogP contribution in [0.1, 0.15) is 28.5 Å². The van der Waals surface area contributed by atoms with E-state index in [1.807, 2.05) is 13.0 Å². The summed E-state index contributed by atoms with van der Waals surface area (Å²) in [6, 6.07) is 10.4. The van der Waals surface area contributed by atoms with E-state index in [2.05, 4.69) is 29.6 Å². The van der Waals surface area contributed by atoms with Gasteiger partial charge in [0.15, 0.2) is 0 Å². The minimum Gasteiger partial charge on any atom is -0.463 e. The second-order valence-electron chi connectivity index (χ2n) is 4.72. The number of hydrogen-bond donors (Lipinski definition) is 0. The van der Waals surface area contributed by atoms with Crippen LogP contribution in [0.3, 0.4) is 0 Å². The van der Waals surface area contributed by atoms with Crippen LogP contribution >= 0.6 is 11.3 Å². The lowest BCUT2D eigenvalue weighted by molar-refractivity contribution is -0.137. The molecule has 2 aromatic rings. The fourth-order valence-electron chi connectivity index (χ4n) is 2.63. The van der Waals surface area contributed by atoms with Crippen molar-refractivity contribution in [3.05, 3.63) is 63.4 Å². The zero-order valence-electron chi connectivity index (χ0n) is 11.4. The van der Waals surface area contributed by atoms with Gasteiger partial charge in [0.25, 0.3) is 0 Å². The summed E-state index contributed by atoms with van der Waals surface area (Å²) < 4.78 is 5.08. The standard InChI is InChI=1S/C17H16O2S/c1-2-19-17(18)11-15-13-6-4-3-5-12(13)7-8-16-14(15)9-10-20-16/h3-6,9-11H,2,7-8H2,1H3/b15-11+. The summed E-state index contributed by atoms with van der Waals surface area (Å²) >= 11 is 1.76. The van der Waals surface area contributed by atoms with Gasteiger partial charge in [0.2, 0.25) is 0 Å². The van der Waals surface area contributed by atoms with E-state index >= 15 is 0 Å². The maximum atomic E-state index is 11.9. The lowest BCUT2D eigenvalue weighted by atomic mass is 9.96. The maximum absolute atomic E-state index is 11.9. The van der Waals surface area contributed by atoms with E-state index in [1.54, 1.807) is 17.4 Å². The molecule has 20 heavy (non-hydrogen) atoms. The van der Waals surface area contributed by atoms with Crippen LogP contribution in [0.15, 0.2) is 41.8 Å². The van der Waals surface area contributed by atoms with E-state index < -0.39 is 0 Å². The van der Waals surface area contributed by atoms with E-state index in [0.717, 1.165) is 24.0 Å². The molecule has 2 nitrogen and oxygen atoms in total. The number of ether oxygens (including phenoxy) is 1. The van der Waals surface area contributed by atoms with Gasteiger partial charge in [-0.1, -0.05) is 24.3 Å². The van der Waals surface area contributed by atoms with E-state index in [1.165, 1.54) is 16.0 Å². The van der Waals surface area contributed by atoms with Crippen LogP contribution in [0.2, 0.25) is 0 Å². The van der Waals surface area contributed by atoms with Crippen LogP contribution < -0.4 is 0 Å². The van der Waals surface area contributed by atoms with Crippen molar-refractivity contribution in [1.29, 1.82) is 0 Å². The lowest BCUT2D eigenvalue weighted by Gasteiger charge is -2.09. The Morgan fingerprint density at radius 2 is 2.10 bits per heavy atom. The second-order valence-corrected chi connectivity index (χ2v) is 5.73. The van der Waals surface area contributed by atoms with Crippen molar-refractivity contribution in [2.75, 3.05) is 6.61 Å². The topological polar surface area (TPSA) is 26.3 Å². The van der Waals surface area contributed by atoms with Crippen molar-refractivity contribution < 1.29 is 9.53 Å². The average Bonchev–Trinajstić information content (AvgIpc) is 2.86. The molecule has 1 aromatic heterocycles. The van der Waals surface area contributed by atoms with Crippen LogP contribution in [0.5, 0.6) is 0 Å². The molecule has 1 aliphatic rings. The molecule has 0 amide bonds. The molecule has 0 radical (unpaired) electrons. The molecule has 0 saturated heterocycles. The molecule has 0 spiro atoms. The summed E-state index contributed by atoms with van der Waals surface area (Å²) in [4.78, 5) is 13.2. The largest absolute Gasteiger partial charge is 0.463 e. The molecule has 0 aliphatic heterocycles. The van der Waals surface area contributed by atoms with Crippen LogP contribution in [0.4, 0.5) is 0 Å². The Bertz CT molecular complexity index is 667. The van der Waals surface area contributed by atoms with Gasteiger partial charge in [0, 0.05) is 11.0 Å². The number of rotatable bonds is 2. The molecule has 1 heterocycles. The molecule has 0 atom stereocenters. The van der Waals surface area contributed by atoms with Crippen LogP contribution in [0, 0.1) is 0 Å². The molecule has 1 aromatic carbocycles. The van der Waals surface area contributed by atoms with E-state index in [4.69, 9.17) is 4.74 Å². The zero-order valence-corrected chi connectivity index (χ0v) is 12.2. The molecule has 0 fully saturated rings. The van der Waals surface area contributed by atoms with Gasteiger partial charge in [-0.3, -0.25) is 0 Å². The number of carbonyl (C=O) groups excluding carboxylic acids is 1. The summed E-state index contributed by atoms with van der Waals surface area (Å²) in [6.07, 6.45) is 3.69. The normalized spacial score (nSPS) is 15.3. The van der Waals surface area contributed by atoms with Gasteiger partial charge in [-0.25, -0.2) is 4.79 Å². The highest BCUT2D eigenvalue weighted by atomic mass is 32.1. The quantitative estimate of drug-likeness (QED) is 0.618. The Balaban J connectivity index is 2.15. The summed E-state index contributed by atoms with van der Waals surface area (Å²) in [7, 11) is 0. The van der Waals surface area contributed by atoms with Gasteiger partial charge in [-0.05, 0) is 53.5 Å². The lowest BCUT2D eigenvalue weighted by Crippen LogP contribution is -2.02. The van der Waals surface area contributed by atoms with Crippen molar-refractivity contribution in [2.45, 2.75) is 19.8 Å². The van der Waals surface area contributed by atoms with Crippen molar-refractivity contribution >= 4 is 22.9 Å². The number of fused-ring (bicyclic) bond motifs is 2. The highest BCUT2D eigenvalue weighted by Gasteiger charge is 2.19. The molecule has 102 valence electrons.